The highest BCUT2D eigenvalue weighted by atomic mass is 16.5. The Morgan fingerprint density at radius 3 is 2.59 bits per heavy atom. The summed E-state index contributed by atoms with van der Waals surface area (Å²) >= 11 is 0. The maximum absolute atomic E-state index is 5.26. The third-order valence-corrected chi connectivity index (χ3v) is 3.20. The second-order valence-electron chi connectivity index (χ2n) is 4.65. The molecule has 1 rings (SSSR count). The Balaban J connectivity index is 2.78. The Labute approximate surface area is 105 Å². The minimum absolute atomic E-state index is 0.331. The summed E-state index contributed by atoms with van der Waals surface area (Å²) in [5.41, 5.74) is 1.26. The van der Waals surface area contributed by atoms with Crippen LogP contribution in [0.1, 0.15) is 25.5 Å². The van der Waals surface area contributed by atoms with Crippen molar-refractivity contribution >= 4 is 0 Å². The van der Waals surface area contributed by atoms with Gasteiger partial charge in [0.25, 0.3) is 0 Å². The summed E-state index contributed by atoms with van der Waals surface area (Å²) in [4.78, 5) is 2.33. The lowest BCUT2D eigenvalue weighted by Crippen LogP contribution is -2.35. The number of benzene rings is 1. The summed E-state index contributed by atoms with van der Waals surface area (Å²) < 4.78 is 5.26. The first-order chi connectivity index (χ1) is 8.08. The first kappa shape index (κ1) is 14.0. The molecule has 0 aliphatic carbocycles. The molecule has 0 saturated carbocycles. The second-order valence-corrected chi connectivity index (χ2v) is 4.65. The van der Waals surface area contributed by atoms with Crippen LogP contribution in [0.3, 0.4) is 0 Å². The van der Waals surface area contributed by atoms with Gasteiger partial charge in [0.1, 0.15) is 5.75 Å². The predicted molar refractivity (Wildman–Crippen MR) is 72.6 cm³/mol. The van der Waals surface area contributed by atoms with Crippen molar-refractivity contribution in [3.8, 4) is 5.75 Å². The number of hydrogen-bond acceptors (Lipinski definition) is 3. The standard InChI is InChI=1S/C14H24N2O/c1-11(2)16(4)10-14(15-3)12-7-6-8-13(9-12)17-5/h6-9,11,14-15H,10H2,1-5H3. The molecule has 0 aliphatic heterocycles. The first-order valence-corrected chi connectivity index (χ1v) is 6.10. The lowest BCUT2D eigenvalue weighted by atomic mass is 10.1. The molecule has 1 aromatic rings. The molecule has 0 bridgehead atoms. The van der Waals surface area contributed by atoms with E-state index in [9.17, 15) is 0 Å². The van der Waals surface area contributed by atoms with Crippen LogP contribution < -0.4 is 10.1 Å². The van der Waals surface area contributed by atoms with Crippen LogP contribution >= 0.6 is 0 Å². The van der Waals surface area contributed by atoms with Crippen molar-refractivity contribution in [1.82, 2.24) is 10.2 Å². The van der Waals surface area contributed by atoms with Gasteiger partial charge in [0.05, 0.1) is 7.11 Å². The van der Waals surface area contributed by atoms with Gasteiger partial charge in [0.15, 0.2) is 0 Å². The summed E-state index contributed by atoms with van der Waals surface area (Å²) in [6.07, 6.45) is 0. The minimum Gasteiger partial charge on any atom is -0.497 e. The molecule has 3 nitrogen and oxygen atoms in total. The molecule has 0 fully saturated rings. The fraction of sp³-hybridized carbons (Fsp3) is 0.571. The molecule has 0 heterocycles. The smallest absolute Gasteiger partial charge is 0.119 e. The van der Waals surface area contributed by atoms with E-state index < -0.39 is 0 Å². The number of ether oxygens (including phenoxy) is 1. The van der Waals surface area contributed by atoms with Crippen LogP contribution in [0, 0.1) is 0 Å². The molecule has 3 heteroatoms. The van der Waals surface area contributed by atoms with E-state index in [0.29, 0.717) is 12.1 Å². The average molecular weight is 236 g/mol. The van der Waals surface area contributed by atoms with Crippen LogP contribution in [0.5, 0.6) is 5.75 Å². The summed E-state index contributed by atoms with van der Waals surface area (Å²) in [5, 5.41) is 3.36. The zero-order chi connectivity index (χ0) is 12.8. The fourth-order valence-corrected chi connectivity index (χ4v) is 1.72. The number of methoxy groups -OCH3 is 1. The van der Waals surface area contributed by atoms with Crippen molar-refractivity contribution in [3.63, 3.8) is 0 Å². The lowest BCUT2D eigenvalue weighted by Gasteiger charge is -2.27. The van der Waals surface area contributed by atoms with Crippen molar-refractivity contribution in [1.29, 1.82) is 0 Å². The van der Waals surface area contributed by atoms with Gasteiger partial charge in [-0.3, -0.25) is 0 Å². The van der Waals surface area contributed by atoms with E-state index in [2.05, 4.69) is 43.2 Å². The SMILES string of the molecule is CNC(CN(C)C(C)C)c1cccc(OC)c1. The van der Waals surface area contributed by atoms with E-state index in [0.717, 1.165) is 12.3 Å². The molecular formula is C14H24N2O. The van der Waals surface area contributed by atoms with Crippen molar-refractivity contribution in [3.05, 3.63) is 29.8 Å². The van der Waals surface area contributed by atoms with Crippen LogP contribution in [0.15, 0.2) is 24.3 Å². The maximum Gasteiger partial charge on any atom is 0.119 e. The Morgan fingerprint density at radius 1 is 1.35 bits per heavy atom. The Hall–Kier alpha value is -1.06. The molecular weight excluding hydrogens is 212 g/mol. The van der Waals surface area contributed by atoms with E-state index in [-0.39, 0.29) is 0 Å². The molecule has 1 unspecified atom stereocenters. The normalized spacial score (nSPS) is 13.1. The van der Waals surface area contributed by atoms with Crippen LogP contribution in [-0.4, -0.2) is 38.7 Å². The van der Waals surface area contributed by atoms with Crippen molar-refractivity contribution in [2.24, 2.45) is 0 Å². The molecule has 0 aromatic heterocycles. The fourth-order valence-electron chi connectivity index (χ4n) is 1.72. The quantitative estimate of drug-likeness (QED) is 0.820. The number of nitrogens with one attached hydrogen (secondary N) is 1. The topological polar surface area (TPSA) is 24.5 Å². The Kier molecular flexibility index (Phi) is 5.45. The third kappa shape index (κ3) is 4.02. The van der Waals surface area contributed by atoms with Gasteiger partial charge in [-0.05, 0) is 45.6 Å². The van der Waals surface area contributed by atoms with Crippen LogP contribution in [0.25, 0.3) is 0 Å². The van der Waals surface area contributed by atoms with Crippen molar-refractivity contribution in [2.75, 3.05) is 27.7 Å². The first-order valence-electron chi connectivity index (χ1n) is 6.10. The molecule has 0 saturated heterocycles. The Bertz CT molecular complexity index is 339. The molecule has 1 aromatic carbocycles. The van der Waals surface area contributed by atoms with Gasteiger partial charge in [0.2, 0.25) is 0 Å². The molecule has 1 N–H and O–H groups in total. The highest BCUT2D eigenvalue weighted by Crippen LogP contribution is 2.20. The number of nitrogens with zero attached hydrogens (tertiary/aromatic N) is 1. The molecule has 0 aliphatic rings. The summed E-state index contributed by atoms with van der Waals surface area (Å²) in [5.74, 6) is 0.912. The molecule has 96 valence electrons. The largest absolute Gasteiger partial charge is 0.497 e. The highest BCUT2D eigenvalue weighted by Gasteiger charge is 2.14. The van der Waals surface area contributed by atoms with Crippen molar-refractivity contribution < 1.29 is 4.74 Å². The predicted octanol–water partition coefficient (Wildman–Crippen LogP) is 2.30. The maximum atomic E-state index is 5.26. The van der Waals surface area contributed by atoms with Gasteiger partial charge in [-0.25, -0.2) is 0 Å². The average Bonchev–Trinajstić information content (AvgIpc) is 2.35. The van der Waals surface area contributed by atoms with E-state index in [1.807, 2.05) is 19.2 Å². The molecule has 0 spiro atoms. The zero-order valence-corrected chi connectivity index (χ0v) is 11.5. The number of likely N-dealkylation sites (N-methyl/N-ethyl adjacent to an activating group) is 2. The number of rotatable bonds is 6. The molecule has 0 radical (unpaired) electrons. The van der Waals surface area contributed by atoms with Gasteiger partial charge in [-0.1, -0.05) is 12.1 Å². The van der Waals surface area contributed by atoms with Gasteiger partial charge < -0.3 is 15.0 Å². The van der Waals surface area contributed by atoms with Gasteiger partial charge >= 0.3 is 0 Å². The summed E-state index contributed by atoms with van der Waals surface area (Å²) in [6.45, 7) is 5.40. The van der Waals surface area contributed by atoms with E-state index >= 15 is 0 Å². The van der Waals surface area contributed by atoms with Gasteiger partial charge in [0, 0.05) is 18.6 Å². The summed E-state index contributed by atoms with van der Waals surface area (Å²) in [7, 11) is 5.85. The van der Waals surface area contributed by atoms with E-state index in [4.69, 9.17) is 4.74 Å². The monoisotopic (exact) mass is 236 g/mol. The van der Waals surface area contributed by atoms with E-state index in [1.54, 1.807) is 7.11 Å². The molecule has 0 amide bonds. The van der Waals surface area contributed by atoms with Gasteiger partial charge in [-0.15, -0.1) is 0 Å². The van der Waals surface area contributed by atoms with Gasteiger partial charge in [-0.2, -0.15) is 0 Å². The molecule has 17 heavy (non-hydrogen) atoms. The van der Waals surface area contributed by atoms with Crippen molar-refractivity contribution in [2.45, 2.75) is 25.9 Å². The van der Waals surface area contributed by atoms with Crippen LogP contribution in [0.4, 0.5) is 0 Å². The minimum atomic E-state index is 0.331. The third-order valence-electron chi connectivity index (χ3n) is 3.20. The number of hydrogen-bond donors (Lipinski definition) is 1. The summed E-state index contributed by atoms with van der Waals surface area (Å²) in [6, 6.07) is 9.12. The second kappa shape index (κ2) is 6.62. The van der Waals surface area contributed by atoms with Crippen LogP contribution in [0.2, 0.25) is 0 Å². The van der Waals surface area contributed by atoms with E-state index in [1.165, 1.54) is 5.56 Å². The lowest BCUT2D eigenvalue weighted by molar-refractivity contribution is 0.246. The molecule has 1 atom stereocenters. The highest BCUT2D eigenvalue weighted by molar-refractivity contribution is 5.30. The van der Waals surface area contributed by atoms with Crippen LogP contribution in [-0.2, 0) is 0 Å². The zero-order valence-electron chi connectivity index (χ0n) is 11.5. The Morgan fingerprint density at radius 2 is 2.06 bits per heavy atom.